The minimum Gasteiger partial charge on any atom is -0.502 e. The molecule has 5 nitrogen and oxygen atoms in total. The Labute approximate surface area is 123 Å². The quantitative estimate of drug-likeness (QED) is 0.822. The fourth-order valence-electron chi connectivity index (χ4n) is 2.95. The summed E-state index contributed by atoms with van der Waals surface area (Å²) in [4.78, 5) is 0. The molecule has 0 spiro atoms. The third kappa shape index (κ3) is 2.00. The Morgan fingerprint density at radius 2 is 2.10 bits per heavy atom. The van der Waals surface area contributed by atoms with Gasteiger partial charge in [-0.1, -0.05) is 6.07 Å². The highest BCUT2D eigenvalue weighted by atomic mass is 16.5. The number of ether oxygens (including phenoxy) is 2. The molecule has 1 aromatic heterocycles. The van der Waals surface area contributed by atoms with E-state index < -0.39 is 5.60 Å². The van der Waals surface area contributed by atoms with Gasteiger partial charge in [-0.2, -0.15) is 4.57 Å². The first-order chi connectivity index (χ1) is 9.84. The van der Waals surface area contributed by atoms with Gasteiger partial charge in [0.25, 0.3) is 5.52 Å². The smallest absolute Gasteiger partial charge is 0.375 e. The number of phenols is 1. The number of hydrogen-bond donors (Lipinski definition) is 2. The summed E-state index contributed by atoms with van der Waals surface area (Å²) in [7, 11) is 3.45. The largest absolute Gasteiger partial charge is 0.502 e. The Morgan fingerprint density at radius 1 is 1.38 bits per heavy atom. The summed E-state index contributed by atoms with van der Waals surface area (Å²) in [6, 6.07) is 5.33. The summed E-state index contributed by atoms with van der Waals surface area (Å²) in [5.41, 5.74) is 0.625. The first-order valence-electron chi connectivity index (χ1n) is 6.94. The van der Waals surface area contributed by atoms with Gasteiger partial charge in [0.05, 0.1) is 18.1 Å². The van der Waals surface area contributed by atoms with Gasteiger partial charge in [0.1, 0.15) is 24.5 Å². The average Bonchev–Trinajstić information content (AvgIpc) is 2.84. The molecule has 0 radical (unpaired) electrons. The summed E-state index contributed by atoms with van der Waals surface area (Å²) in [5, 5.41) is 21.2. The standard InChI is InChI=1S/C16H19NO4/c1-16(2,19)12-8-10-14(20-4)9-6-5-7-11(18)13(9)17(3)15(10)21-12/h5-7,12,19H,8H2,1-4H3/p+1. The maximum Gasteiger partial charge on any atom is 0.375 e. The van der Waals surface area contributed by atoms with E-state index >= 15 is 0 Å². The van der Waals surface area contributed by atoms with Gasteiger partial charge >= 0.3 is 5.88 Å². The summed E-state index contributed by atoms with van der Waals surface area (Å²) in [5.74, 6) is 1.50. The third-order valence-corrected chi connectivity index (χ3v) is 4.07. The topological polar surface area (TPSA) is 62.8 Å². The van der Waals surface area contributed by atoms with E-state index in [9.17, 15) is 10.2 Å². The highest BCUT2D eigenvalue weighted by Crippen LogP contribution is 2.41. The lowest BCUT2D eigenvalue weighted by Crippen LogP contribution is -2.41. The fourth-order valence-corrected chi connectivity index (χ4v) is 2.95. The number of aryl methyl sites for hydroxylation is 1. The van der Waals surface area contributed by atoms with Gasteiger partial charge in [0.2, 0.25) is 0 Å². The minimum atomic E-state index is -0.953. The summed E-state index contributed by atoms with van der Waals surface area (Å²) >= 11 is 0. The van der Waals surface area contributed by atoms with Crippen molar-refractivity contribution >= 4 is 10.9 Å². The number of phenolic OH excluding ortho intramolecular Hbond substituents is 1. The number of fused-ring (bicyclic) bond motifs is 2. The van der Waals surface area contributed by atoms with Crippen molar-refractivity contribution in [2.75, 3.05) is 7.11 Å². The second-order valence-electron chi connectivity index (χ2n) is 6.01. The monoisotopic (exact) mass is 290 g/mol. The van der Waals surface area contributed by atoms with Gasteiger partial charge < -0.3 is 19.7 Å². The van der Waals surface area contributed by atoms with Crippen LogP contribution < -0.4 is 14.0 Å². The lowest BCUT2D eigenvalue weighted by Gasteiger charge is -2.23. The second kappa shape index (κ2) is 4.49. The lowest BCUT2D eigenvalue weighted by molar-refractivity contribution is -0.651. The number of pyridine rings is 1. The number of aromatic hydroxyl groups is 1. The molecule has 1 aromatic carbocycles. The van der Waals surface area contributed by atoms with Crippen LogP contribution in [0.5, 0.6) is 17.4 Å². The molecule has 0 saturated carbocycles. The van der Waals surface area contributed by atoms with Gasteiger partial charge in [0.15, 0.2) is 5.75 Å². The number of hydrogen-bond acceptors (Lipinski definition) is 4. The minimum absolute atomic E-state index is 0.173. The lowest BCUT2D eigenvalue weighted by atomic mass is 9.96. The third-order valence-electron chi connectivity index (χ3n) is 4.07. The Hall–Kier alpha value is -2.01. The maximum atomic E-state index is 10.2. The van der Waals surface area contributed by atoms with E-state index in [4.69, 9.17) is 9.47 Å². The SMILES string of the molecule is COc1c2c([n+](C)c3c(O)cccc13)OC(C(C)(C)O)C2. The van der Waals surface area contributed by atoms with Crippen LogP contribution in [0.1, 0.15) is 19.4 Å². The molecule has 1 aliphatic heterocycles. The molecule has 1 aliphatic rings. The first kappa shape index (κ1) is 13.9. The zero-order valence-corrected chi connectivity index (χ0v) is 12.7. The molecule has 2 N–H and O–H groups in total. The van der Waals surface area contributed by atoms with Crippen LogP contribution in [0, 0.1) is 0 Å². The van der Waals surface area contributed by atoms with Gasteiger partial charge in [-0.3, -0.25) is 0 Å². The van der Waals surface area contributed by atoms with Crippen molar-refractivity contribution in [1.82, 2.24) is 0 Å². The first-order valence-corrected chi connectivity index (χ1v) is 6.94. The molecule has 5 heteroatoms. The van der Waals surface area contributed by atoms with E-state index in [1.807, 2.05) is 17.7 Å². The summed E-state index contributed by atoms with van der Waals surface area (Å²) in [6.45, 7) is 3.46. The van der Waals surface area contributed by atoms with Crippen molar-refractivity contribution in [3.63, 3.8) is 0 Å². The zero-order valence-electron chi connectivity index (χ0n) is 12.7. The normalized spacial score (nSPS) is 17.7. The fraction of sp³-hybridized carbons (Fsp3) is 0.438. The highest BCUT2D eigenvalue weighted by molar-refractivity contribution is 5.89. The Bertz CT molecular complexity index is 719. The van der Waals surface area contributed by atoms with E-state index in [2.05, 4.69) is 0 Å². The average molecular weight is 290 g/mol. The number of methoxy groups -OCH3 is 1. The van der Waals surface area contributed by atoms with Gasteiger partial charge in [-0.05, 0) is 26.0 Å². The van der Waals surface area contributed by atoms with E-state index in [-0.39, 0.29) is 11.9 Å². The van der Waals surface area contributed by atoms with Gasteiger partial charge in [-0.25, -0.2) is 0 Å². The number of nitrogens with zero attached hydrogens (tertiary/aromatic N) is 1. The molecule has 2 heterocycles. The van der Waals surface area contributed by atoms with Crippen molar-refractivity contribution in [1.29, 1.82) is 0 Å². The number of rotatable bonds is 2. The maximum absolute atomic E-state index is 10.2. The Morgan fingerprint density at radius 3 is 2.71 bits per heavy atom. The second-order valence-corrected chi connectivity index (χ2v) is 6.01. The molecular weight excluding hydrogens is 270 g/mol. The molecule has 0 bridgehead atoms. The molecule has 0 saturated heterocycles. The Balaban J connectivity index is 2.30. The molecule has 1 unspecified atom stereocenters. The number of aliphatic hydroxyl groups is 1. The van der Waals surface area contributed by atoms with E-state index in [0.29, 0.717) is 23.6 Å². The summed E-state index contributed by atoms with van der Waals surface area (Å²) in [6.07, 6.45) is 0.230. The van der Waals surface area contributed by atoms with Crippen LogP contribution in [0.2, 0.25) is 0 Å². The van der Waals surface area contributed by atoms with E-state index in [1.165, 1.54) is 0 Å². The van der Waals surface area contributed by atoms with Crippen LogP contribution in [0.3, 0.4) is 0 Å². The highest BCUT2D eigenvalue weighted by Gasteiger charge is 2.42. The van der Waals surface area contributed by atoms with Crippen molar-refractivity contribution in [3.8, 4) is 17.4 Å². The van der Waals surface area contributed by atoms with Crippen molar-refractivity contribution in [2.24, 2.45) is 7.05 Å². The summed E-state index contributed by atoms with van der Waals surface area (Å²) < 4.78 is 13.3. The number of aromatic nitrogens is 1. The molecule has 112 valence electrons. The molecule has 3 rings (SSSR count). The molecule has 0 amide bonds. The van der Waals surface area contributed by atoms with Crippen molar-refractivity contribution < 1.29 is 24.3 Å². The predicted molar refractivity (Wildman–Crippen MR) is 77.8 cm³/mol. The molecular formula is C16H20NO4+. The van der Waals surface area contributed by atoms with Crippen LogP contribution >= 0.6 is 0 Å². The van der Waals surface area contributed by atoms with Crippen LogP contribution in [0.25, 0.3) is 10.9 Å². The van der Waals surface area contributed by atoms with Crippen LogP contribution in [-0.2, 0) is 13.5 Å². The van der Waals surface area contributed by atoms with Crippen molar-refractivity contribution in [2.45, 2.75) is 32.0 Å². The number of benzene rings is 1. The van der Waals surface area contributed by atoms with Crippen molar-refractivity contribution in [3.05, 3.63) is 23.8 Å². The number of para-hydroxylation sites is 1. The Kier molecular flexibility index (Phi) is 2.99. The molecule has 0 fully saturated rings. The van der Waals surface area contributed by atoms with Crippen LogP contribution in [0.15, 0.2) is 18.2 Å². The van der Waals surface area contributed by atoms with E-state index in [1.54, 1.807) is 33.1 Å². The molecule has 0 aliphatic carbocycles. The van der Waals surface area contributed by atoms with Gasteiger partial charge in [0, 0.05) is 6.42 Å². The van der Waals surface area contributed by atoms with E-state index in [0.717, 1.165) is 10.9 Å². The molecule has 2 aromatic rings. The van der Waals surface area contributed by atoms with Gasteiger partial charge in [-0.15, -0.1) is 0 Å². The molecule has 21 heavy (non-hydrogen) atoms. The zero-order chi connectivity index (χ0) is 15.4. The van der Waals surface area contributed by atoms with Crippen LogP contribution in [-0.4, -0.2) is 29.0 Å². The van der Waals surface area contributed by atoms with Crippen LogP contribution in [0.4, 0.5) is 0 Å². The molecule has 1 atom stereocenters. The predicted octanol–water partition coefficient (Wildman–Crippen LogP) is 1.45.